The minimum atomic E-state index is -0.475. The number of nitrogens with zero attached hydrogens (tertiary/aromatic N) is 1. The van der Waals surface area contributed by atoms with Crippen LogP contribution in [0.2, 0.25) is 0 Å². The van der Waals surface area contributed by atoms with Gasteiger partial charge < -0.3 is 9.47 Å². The summed E-state index contributed by atoms with van der Waals surface area (Å²) in [6.07, 6.45) is 0. The summed E-state index contributed by atoms with van der Waals surface area (Å²) in [6, 6.07) is 9.04. The number of methoxy groups -OCH3 is 1. The molecule has 1 rings (SSSR count). The summed E-state index contributed by atoms with van der Waals surface area (Å²) < 4.78 is 9.97. The number of nitriles is 1. The third kappa shape index (κ3) is 3.11. The van der Waals surface area contributed by atoms with E-state index < -0.39 is 5.97 Å². The summed E-state index contributed by atoms with van der Waals surface area (Å²) in [5.41, 5.74) is 1.24. The zero-order valence-electron chi connectivity index (χ0n) is 10.7. The van der Waals surface area contributed by atoms with Crippen molar-refractivity contribution < 1.29 is 14.3 Å². The van der Waals surface area contributed by atoms with E-state index in [0.29, 0.717) is 22.5 Å². The van der Waals surface area contributed by atoms with Gasteiger partial charge in [0.05, 0.1) is 24.9 Å². The Labute approximate surface area is 106 Å². The second kappa shape index (κ2) is 6.45. The highest BCUT2D eigenvalue weighted by Gasteiger charge is 2.13. The average Bonchev–Trinajstić information content (AvgIpc) is 2.40. The van der Waals surface area contributed by atoms with Crippen molar-refractivity contribution in [3.8, 4) is 11.8 Å². The minimum Gasteiger partial charge on any atom is -0.497 e. The van der Waals surface area contributed by atoms with E-state index in [1.54, 1.807) is 45.2 Å². The van der Waals surface area contributed by atoms with Crippen LogP contribution in [0.25, 0.3) is 5.57 Å². The van der Waals surface area contributed by atoms with Gasteiger partial charge in [-0.2, -0.15) is 5.26 Å². The van der Waals surface area contributed by atoms with Crippen molar-refractivity contribution in [1.29, 1.82) is 5.26 Å². The molecule has 0 aromatic heterocycles. The van der Waals surface area contributed by atoms with Crippen LogP contribution in [0.3, 0.4) is 0 Å². The third-order valence-corrected chi connectivity index (χ3v) is 2.43. The molecule has 0 N–H and O–H groups in total. The number of hydrogen-bond donors (Lipinski definition) is 0. The molecular formula is C14H15NO3. The number of ether oxygens (including phenoxy) is 2. The first-order valence-corrected chi connectivity index (χ1v) is 5.56. The lowest BCUT2D eigenvalue weighted by Crippen LogP contribution is -2.07. The Hall–Kier alpha value is -2.28. The summed E-state index contributed by atoms with van der Waals surface area (Å²) in [4.78, 5) is 11.6. The van der Waals surface area contributed by atoms with Crippen molar-refractivity contribution in [1.82, 2.24) is 0 Å². The van der Waals surface area contributed by atoms with Gasteiger partial charge in [-0.15, -0.1) is 0 Å². The lowest BCUT2D eigenvalue weighted by molar-refractivity contribution is -0.138. The number of benzene rings is 1. The Morgan fingerprint density at radius 1 is 1.44 bits per heavy atom. The van der Waals surface area contributed by atoms with Crippen LogP contribution in [-0.4, -0.2) is 19.7 Å². The van der Waals surface area contributed by atoms with Crippen molar-refractivity contribution in [3.63, 3.8) is 0 Å². The van der Waals surface area contributed by atoms with Gasteiger partial charge in [0.2, 0.25) is 0 Å². The summed E-state index contributed by atoms with van der Waals surface area (Å²) in [5.74, 6) is 0.161. The molecule has 0 heterocycles. The highest BCUT2D eigenvalue weighted by molar-refractivity contribution is 6.00. The molecule has 0 spiro atoms. The second-order valence-corrected chi connectivity index (χ2v) is 3.56. The smallest absolute Gasteiger partial charge is 0.335 e. The second-order valence-electron chi connectivity index (χ2n) is 3.56. The molecule has 0 fully saturated rings. The maximum atomic E-state index is 11.6. The monoisotopic (exact) mass is 245 g/mol. The first kappa shape index (κ1) is 13.8. The molecular weight excluding hydrogens is 230 g/mol. The Balaban J connectivity index is 3.20. The van der Waals surface area contributed by atoms with Gasteiger partial charge in [-0.05, 0) is 31.5 Å². The third-order valence-electron chi connectivity index (χ3n) is 2.43. The Morgan fingerprint density at radius 3 is 2.72 bits per heavy atom. The Bertz CT molecular complexity index is 512. The van der Waals surface area contributed by atoms with Crippen LogP contribution in [-0.2, 0) is 9.53 Å². The lowest BCUT2D eigenvalue weighted by Gasteiger charge is -2.07. The molecule has 0 saturated heterocycles. The predicted octanol–water partition coefficient (Wildman–Crippen LogP) is 2.56. The van der Waals surface area contributed by atoms with Gasteiger partial charge >= 0.3 is 5.97 Å². The van der Waals surface area contributed by atoms with Gasteiger partial charge in [-0.1, -0.05) is 12.1 Å². The molecule has 0 aliphatic rings. The number of esters is 1. The molecule has 4 heteroatoms. The number of carbonyl (C=O) groups is 1. The number of rotatable bonds is 4. The number of carbonyl (C=O) groups excluding carboxylic acids is 1. The van der Waals surface area contributed by atoms with E-state index in [4.69, 9.17) is 9.47 Å². The molecule has 94 valence electrons. The van der Waals surface area contributed by atoms with Gasteiger partial charge in [0.25, 0.3) is 0 Å². The average molecular weight is 245 g/mol. The van der Waals surface area contributed by atoms with E-state index in [-0.39, 0.29) is 6.61 Å². The SMILES string of the molecule is CCOC(=O)/C(C)=C(/C#N)c1cccc(OC)c1. The molecule has 1 aromatic rings. The fourth-order valence-corrected chi connectivity index (χ4v) is 1.48. The van der Waals surface area contributed by atoms with Crippen molar-refractivity contribution in [2.24, 2.45) is 0 Å². The standard InChI is InChI=1S/C14H15NO3/c1-4-18-14(16)10(2)13(9-15)11-6-5-7-12(8-11)17-3/h5-8H,4H2,1-3H3/b13-10-. The highest BCUT2D eigenvalue weighted by Crippen LogP contribution is 2.22. The first-order valence-electron chi connectivity index (χ1n) is 5.56. The van der Waals surface area contributed by atoms with Crippen molar-refractivity contribution >= 4 is 11.5 Å². The molecule has 1 aromatic carbocycles. The van der Waals surface area contributed by atoms with E-state index in [0.717, 1.165) is 0 Å². The van der Waals surface area contributed by atoms with Crippen LogP contribution >= 0.6 is 0 Å². The van der Waals surface area contributed by atoms with Crippen LogP contribution in [0.4, 0.5) is 0 Å². The van der Waals surface area contributed by atoms with Crippen LogP contribution in [0.1, 0.15) is 19.4 Å². The lowest BCUT2D eigenvalue weighted by atomic mass is 10.0. The van der Waals surface area contributed by atoms with Gasteiger partial charge in [0, 0.05) is 0 Å². The molecule has 0 aliphatic heterocycles. The maximum Gasteiger partial charge on any atom is 0.335 e. The normalized spacial score (nSPS) is 11.2. The largest absolute Gasteiger partial charge is 0.497 e. The quantitative estimate of drug-likeness (QED) is 0.464. The zero-order chi connectivity index (χ0) is 13.5. The van der Waals surface area contributed by atoms with Crippen LogP contribution in [0, 0.1) is 11.3 Å². The van der Waals surface area contributed by atoms with Crippen LogP contribution in [0.15, 0.2) is 29.8 Å². The van der Waals surface area contributed by atoms with Gasteiger partial charge in [0.15, 0.2) is 0 Å². The highest BCUT2D eigenvalue weighted by atomic mass is 16.5. The molecule has 0 radical (unpaired) electrons. The molecule has 0 amide bonds. The van der Waals surface area contributed by atoms with E-state index >= 15 is 0 Å². The van der Waals surface area contributed by atoms with Crippen molar-refractivity contribution in [2.45, 2.75) is 13.8 Å². The zero-order valence-corrected chi connectivity index (χ0v) is 10.7. The fraction of sp³-hybridized carbons (Fsp3) is 0.286. The maximum absolute atomic E-state index is 11.6. The molecule has 0 atom stereocenters. The molecule has 0 aliphatic carbocycles. The van der Waals surface area contributed by atoms with Crippen molar-refractivity contribution in [3.05, 3.63) is 35.4 Å². The minimum absolute atomic E-state index is 0.285. The summed E-state index contributed by atoms with van der Waals surface area (Å²) in [5, 5.41) is 9.17. The van der Waals surface area contributed by atoms with E-state index in [1.807, 2.05) is 6.07 Å². The molecule has 0 saturated carbocycles. The molecule has 0 bridgehead atoms. The molecule has 0 unspecified atom stereocenters. The van der Waals surface area contributed by atoms with Gasteiger partial charge in [-0.25, -0.2) is 4.79 Å². The van der Waals surface area contributed by atoms with E-state index in [9.17, 15) is 10.1 Å². The summed E-state index contributed by atoms with van der Waals surface area (Å²) in [7, 11) is 1.55. The van der Waals surface area contributed by atoms with Crippen molar-refractivity contribution in [2.75, 3.05) is 13.7 Å². The topological polar surface area (TPSA) is 59.3 Å². The number of allylic oxidation sites excluding steroid dienone is 1. The van der Waals surface area contributed by atoms with Crippen LogP contribution in [0.5, 0.6) is 5.75 Å². The van der Waals surface area contributed by atoms with Crippen LogP contribution < -0.4 is 4.74 Å². The van der Waals surface area contributed by atoms with E-state index in [2.05, 4.69) is 0 Å². The summed E-state index contributed by atoms with van der Waals surface area (Å²) >= 11 is 0. The fourth-order valence-electron chi connectivity index (χ4n) is 1.48. The molecule has 4 nitrogen and oxygen atoms in total. The first-order chi connectivity index (χ1) is 8.63. The van der Waals surface area contributed by atoms with Gasteiger partial charge in [-0.3, -0.25) is 0 Å². The molecule has 18 heavy (non-hydrogen) atoms. The number of hydrogen-bond acceptors (Lipinski definition) is 4. The predicted molar refractivity (Wildman–Crippen MR) is 67.8 cm³/mol. The Kier molecular flexibility index (Phi) is 4.94. The Morgan fingerprint density at radius 2 is 2.17 bits per heavy atom. The summed E-state index contributed by atoms with van der Waals surface area (Å²) in [6.45, 7) is 3.59. The van der Waals surface area contributed by atoms with Gasteiger partial charge in [0.1, 0.15) is 11.8 Å². The van der Waals surface area contributed by atoms with E-state index in [1.165, 1.54) is 0 Å².